The molecule has 1 aromatic heterocycles. The van der Waals surface area contributed by atoms with Crippen LogP contribution in [0, 0.1) is 0 Å². The van der Waals surface area contributed by atoms with Crippen molar-refractivity contribution in [2.24, 2.45) is 0 Å². The van der Waals surface area contributed by atoms with Gasteiger partial charge in [0.1, 0.15) is 17.8 Å². The molecule has 0 saturated carbocycles. The van der Waals surface area contributed by atoms with Crippen molar-refractivity contribution < 1.29 is 4.74 Å². The summed E-state index contributed by atoms with van der Waals surface area (Å²) in [4.78, 5) is 8.25. The number of rotatable bonds is 5. The molecule has 0 atom stereocenters. The predicted molar refractivity (Wildman–Crippen MR) is 80.0 cm³/mol. The summed E-state index contributed by atoms with van der Waals surface area (Å²) in [6, 6.07) is 7.52. The summed E-state index contributed by atoms with van der Waals surface area (Å²) in [7, 11) is 5.34. The van der Waals surface area contributed by atoms with Crippen LogP contribution in [-0.2, 0) is 0 Å². The molecule has 0 aliphatic rings. The third-order valence-electron chi connectivity index (χ3n) is 2.55. The van der Waals surface area contributed by atoms with Crippen LogP contribution in [0.2, 0.25) is 0 Å². The summed E-state index contributed by atoms with van der Waals surface area (Å²) in [5.74, 6) is 1.85. The van der Waals surface area contributed by atoms with Gasteiger partial charge < -0.3 is 21.2 Å². The van der Waals surface area contributed by atoms with Crippen molar-refractivity contribution in [2.75, 3.05) is 37.7 Å². The number of hydrazine groups is 1. The maximum Gasteiger partial charge on any atom is 0.169 e. The summed E-state index contributed by atoms with van der Waals surface area (Å²) < 4.78 is 5.18. The number of benzene rings is 1. The lowest BCUT2D eigenvalue weighted by atomic mass is 10.3. The Kier molecular flexibility index (Phi) is 4.21. The highest BCUT2D eigenvalue weighted by Gasteiger charge is 2.09. The zero-order chi connectivity index (χ0) is 14.5. The van der Waals surface area contributed by atoms with E-state index in [9.17, 15) is 0 Å². The second-order valence-electron chi connectivity index (χ2n) is 4.35. The average Bonchev–Trinajstić information content (AvgIpc) is 2.43. The van der Waals surface area contributed by atoms with Gasteiger partial charge in [-0.1, -0.05) is 6.07 Å². The van der Waals surface area contributed by atoms with E-state index in [1.54, 1.807) is 12.1 Å². The van der Waals surface area contributed by atoms with Crippen LogP contribution in [-0.4, -0.2) is 36.2 Å². The molecule has 1 aromatic carbocycles. The second-order valence-corrected chi connectivity index (χ2v) is 4.35. The Morgan fingerprint density at radius 3 is 2.65 bits per heavy atom. The number of hydrogen-bond donors (Lipinski definition) is 3. The lowest BCUT2D eigenvalue weighted by Gasteiger charge is -2.16. The van der Waals surface area contributed by atoms with E-state index >= 15 is 0 Å². The lowest BCUT2D eigenvalue weighted by molar-refractivity contribution is 0.415. The van der Waals surface area contributed by atoms with E-state index in [0.717, 1.165) is 11.4 Å². The van der Waals surface area contributed by atoms with Gasteiger partial charge in [-0.2, -0.15) is 0 Å². The van der Waals surface area contributed by atoms with Gasteiger partial charge in [0.05, 0.1) is 7.11 Å². The van der Waals surface area contributed by atoms with Gasteiger partial charge in [0.2, 0.25) is 0 Å². The van der Waals surface area contributed by atoms with Crippen LogP contribution in [0.3, 0.4) is 0 Å². The van der Waals surface area contributed by atoms with E-state index in [1.165, 1.54) is 6.33 Å². The van der Waals surface area contributed by atoms with E-state index < -0.39 is 0 Å². The molecule has 0 saturated heterocycles. The molecule has 0 aliphatic heterocycles. The van der Waals surface area contributed by atoms with Crippen molar-refractivity contribution in [1.29, 1.82) is 0 Å². The largest absolute Gasteiger partial charge is 0.497 e. The van der Waals surface area contributed by atoms with Gasteiger partial charge in [-0.05, 0) is 12.1 Å². The molecule has 7 heteroatoms. The van der Waals surface area contributed by atoms with Crippen LogP contribution in [0.5, 0.6) is 5.75 Å². The van der Waals surface area contributed by atoms with Crippen LogP contribution in [0.4, 0.5) is 23.0 Å². The third kappa shape index (κ3) is 3.27. The summed E-state index contributed by atoms with van der Waals surface area (Å²) in [6.45, 7) is 0. The van der Waals surface area contributed by atoms with Crippen molar-refractivity contribution in [3.63, 3.8) is 0 Å². The number of nitrogen functional groups attached to an aromatic ring is 1. The summed E-state index contributed by atoms with van der Waals surface area (Å²) >= 11 is 0. The number of nitrogens with zero attached hydrogens (tertiary/aromatic N) is 3. The molecule has 0 spiro atoms. The summed E-state index contributed by atoms with van der Waals surface area (Å²) in [6.07, 6.45) is 1.45. The Balaban J connectivity index is 2.24. The molecular formula is C13H18N6O. The topological polar surface area (TPSA) is 88.3 Å². The number of hydrogen-bond acceptors (Lipinski definition) is 7. The first-order valence-electron chi connectivity index (χ1n) is 6.05. The van der Waals surface area contributed by atoms with Crippen LogP contribution < -0.4 is 21.2 Å². The second kappa shape index (κ2) is 6.07. The number of methoxy groups -OCH3 is 1. The summed E-state index contributed by atoms with van der Waals surface area (Å²) in [5.41, 5.74) is 10.3. The van der Waals surface area contributed by atoms with Gasteiger partial charge in [-0.15, -0.1) is 0 Å². The molecule has 0 bridgehead atoms. The number of aromatic nitrogens is 2. The molecule has 0 amide bonds. The Morgan fingerprint density at radius 2 is 1.95 bits per heavy atom. The zero-order valence-corrected chi connectivity index (χ0v) is 11.7. The predicted octanol–water partition coefficient (Wildman–Crippen LogP) is 1.70. The van der Waals surface area contributed by atoms with E-state index in [0.29, 0.717) is 17.3 Å². The molecule has 0 fully saturated rings. The van der Waals surface area contributed by atoms with Crippen molar-refractivity contribution in [3.8, 4) is 5.75 Å². The molecule has 0 radical (unpaired) electrons. The molecule has 7 nitrogen and oxygen atoms in total. The molecule has 4 N–H and O–H groups in total. The first-order chi connectivity index (χ1) is 9.60. The Hall–Kier alpha value is -2.54. The molecule has 0 aliphatic carbocycles. The fourth-order valence-corrected chi connectivity index (χ4v) is 1.63. The average molecular weight is 274 g/mol. The monoisotopic (exact) mass is 274 g/mol. The van der Waals surface area contributed by atoms with Crippen LogP contribution in [0.15, 0.2) is 30.6 Å². The highest BCUT2D eigenvalue weighted by molar-refractivity contribution is 5.77. The first-order valence-corrected chi connectivity index (χ1v) is 6.05. The van der Waals surface area contributed by atoms with Gasteiger partial charge in [0, 0.05) is 25.8 Å². The number of anilines is 4. The van der Waals surface area contributed by atoms with E-state index in [2.05, 4.69) is 20.7 Å². The van der Waals surface area contributed by atoms with Gasteiger partial charge in [-0.25, -0.2) is 15.0 Å². The Bertz CT molecular complexity index is 587. The van der Waals surface area contributed by atoms with Crippen LogP contribution in [0.1, 0.15) is 0 Å². The normalized spacial score (nSPS) is 10.4. The van der Waals surface area contributed by atoms with Gasteiger partial charge in [-0.3, -0.25) is 0 Å². The Morgan fingerprint density at radius 1 is 1.20 bits per heavy atom. The Labute approximate surface area is 117 Å². The maximum atomic E-state index is 6.04. The quantitative estimate of drug-likeness (QED) is 0.715. The minimum atomic E-state index is 0.448. The van der Waals surface area contributed by atoms with Gasteiger partial charge in [0.15, 0.2) is 11.6 Å². The lowest BCUT2D eigenvalue weighted by Crippen LogP contribution is -2.21. The number of ether oxygens (including phenoxy) is 1. The highest BCUT2D eigenvalue weighted by atomic mass is 16.5. The van der Waals surface area contributed by atoms with Crippen LogP contribution >= 0.6 is 0 Å². The minimum absolute atomic E-state index is 0.448. The number of nitrogens with two attached hydrogens (primary N) is 1. The van der Waals surface area contributed by atoms with Crippen molar-refractivity contribution in [2.45, 2.75) is 0 Å². The van der Waals surface area contributed by atoms with Crippen LogP contribution in [0.25, 0.3) is 0 Å². The minimum Gasteiger partial charge on any atom is -0.497 e. The molecular weight excluding hydrogens is 256 g/mol. The van der Waals surface area contributed by atoms with E-state index in [-0.39, 0.29) is 0 Å². The fraction of sp³-hybridized carbons (Fsp3) is 0.231. The third-order valence-corrected chi connectivity index (χ3v) is 2.55. The van der Waals surface area contributed by atoms with Crippen molar-refractivity contribution >= 4 is 23.0 Å². The highest BCUT2D eigenvalue weighted by Crippen LogP contribution is 2.27. The molecule has 2 aromatic rings. The van der Waals surface area contributed by atoms with Gasteiger partial charge >= 0.3 is 0 Å². The zero-order valence-electron chi connectivity index (χ0n) is 11.7. The van der Waals surface area contributed by atoms with Crippen molar-refractivity contribution in [1.82, 2.24) is 15.0 Å². The molecule has 2 rings (SSSR count). The smallest absolute Gasteiger partial charge is 0.169 e. The maximum absolute atomic E-state index is 6.04. The standard InChI is InChI=1S/C13H18N6O/c1-19(2)18-13-11(14)12(15-8-16-13)17-9-5-4-6-10(7-9)20-3/h4-8H,14H2,1-3H3,(H2,15,16,17,18). The molecule has 1 heterocycles. The van der Waals surface area contributed by atoms with Crippen molar-refractivity contribution in [3.05, 3.63) is 30.6 Å². The molecule has 106 valence electrons. The fourth-order valence-electron chi connectivity index (χ4n) is 1.63. The molecule has 0 unspecified atom stereocenters. The molecule has 20 heavy (non-hydrogen) atoms. The van der Waals surface area contributed by atoms with E-state index in [4.69, 9.17) is 10.5 Å². The van der Waals surface area contributed by atoms with E-state index in [1.807, 2.05) is 38.4 Å². The first kappa shape index (κ1) is 13.9. The SMILES string of the molecule is COc1cccc(Nc2ncnc(NN(C)C)c2N)c1. The van der Waals surface area contributed by atoms with Gasteiger partial charge in [0.25, 0.3) is 0 Å². The number of nitrogens with one attached hydrogen (secondary N) is 2. The summed E-state index contributed by atoms with van der Waals surface area (Å²) in [5, 5.41) is 4.90.